The molecule has 72 valence electrons. The summed E-state index contributed by atoms with van der Waals surface area (Å²) in [5.41, 5.74) is 0. The van der Waals surface area contributed by atoms with Gasteiger partial charge < -0.3 is 10.4 Å². The Morgan fingerprint density at radius 1 is 1.33 bits per heavy atom. The molecular weight excluding hydrogens is 150 g/mol. The Morgan fingerprint density at radius 2 is 2.00 bits per heavy atom. The van der Waals surface area contributed by atoms with Crippen molar-refractivity contribution in [1.82, 2.24) is 5.32 Å². The van der Waals surface area contributed by atoms with Crippen molar-refractivity contribution in [2.75, 3.05) is 6.61 Å². The minimum absolute atomic E-state index is 0.245. The number of nitrogens with one attached hydrogen (secondary N) is 1. The smallest absolute Gasteiger partial charge is 0.0582 e. The van der Waals surface area contributed by atoms with Crippen LogP contribution >= 0.6 is 0 Å². The van der Waals surface area contributed by atoms with Gasteiger partial charge in [0, 0.05) is 12.1 Å². The molecule has 1 fully saturated rings. The van der Waals surface area contributed by atoms with Gasteiger partial charge in [0.25, 0.3) is 0 Å². The fraction of sp³-hybridized carbons (Fsp3) is 1.00. The van der Waals surface area contributed by atoms with Crippen LogP contribution in [0.3, 0.4) is 0 Å². The second-order valence-electron chi connectivity index (χ2n) is 4.18. The first kappa shape index (κ1) is 10.0. The van der Waals surface area contributed by atoms with E-state index in [1.807, 2.05) is 6.92 Å². The maximum atomic E-state index is 8.83. The lowest BCUT2D eigenvalue weighted by Gasteiger charge is -2.29. The van der Waals surface area contributed by atoms with E-state index in [4.69, 9.17) is 5.11 Å². The number of hydrogen-bond donors (Lipinski definition) is 2. The van der Waals surface area contributed by atoms with Crippen LogP contribution in [0.25, 0.3) is 0 Å². The summed E-state index contributed by atoms with van der Waals surface area (Å²) in [5, 5.41) is 12.2. The number of hydrogen-bond acceptors (Lipinski definition) is 2. The van der Waals surface area contributed by atoms with Gasteiger partial charge in [-0.3, -0.25) is 0 Å². The molecule has 2 atom stereocenters. The SMILES string of the molecule is CC(CO)NC(C)CC1CCC1. The van der Waals surface area contributed by atoms with E-state index in [-0.39, 0.29) is 12.6 Å². The molecule has 2 unspecified atom stereocenters. The minimum atomic E-state index is 0.245. The van der Waals surface area contributed by atoms with Gasteiger partial charge in [-0.15, -0.1) is 0 Å². The lowest BCUT2D eigenvalue weighted by Crippen LogP contribution is -2.38. The lowest BCUT2D eigenvalue weighted by molar-refractivity contribution is 0.218. The molecule has 0 heterocycles. The molecule has 0 radical (unpaired) electrons. The highest BCUT2D eigenvalue weighted by molar-refractivity contribution is 4.76. The highest BCUT2D eigenvalue weighted by Gasteiger charge is 2.20. The Morgan fingerprint density at radius 3 is 2.42 bits per heavy atom. The highest BCUT2D eigenvalue weighted by Crippen LogP contribution is 2.30. The second kappa shape index (κ2) is 4.83. The van der Waals surface area contributed by atoms with Crippen molar-refractivity contribution in [1.29, 1.82) is 0 Å². The van der Waals surface area contributed by atoms with Crippen LogP contribution in [0.4, 0.5) is 0 Å². The first-order valence-electron chi connectivity index (χ1n) is 5.09. The molecule has 0 aliphatic heterocycles. The van der Waals surface area contributed by atoms with Gasteiger partial charge in [0.15, 0.2) is 0 Å². The molecule has 1 aliphatic carbocycles. The third kappa shape index (κ3) is 3.11. The predicted octanol–water partition coefficient (Wildman–Crippen LogP) is 1.54. The van der Waals surface area contributed by atoms with Crippen molar-refractivity contribution in [3.8, 4) is 0 Å². The summed E-state index contributed by atoms with van der Waals surface area (Å²) in [5.74, 6) is 0.957. The molecule has 0 bridgehead atoms. The first-order chi connectivity index (χ1) is 5.72. The van der Waals surface area contributed by atoms with Crippen LogP contribution in [0.5, 0.6) is 0 Å². The maximum absolute atomic E-state index is 8.83. The summed E-state index contributed by atoms with van der Waals surface area (Å²) in [7, 11) is 0. The lowest BCUT2D eigenvalue weighted by atomic mass is 9.81. The van der Waals surface area contributed by atoms with Gasteiger partial charge in [-0.2, -0.15) is 0 Å². The molecular formula is C10H21NO. The summed E-state index contributed by atoms with van der Waals surface area (Å²) in [6, 6.07) is 0.817. The van der Waals surface area contributed by atoms with E-state index in [2.05, 4.69) is 12.2 Å². The molecule has 0 aromatic rings. The minimum Gasteiger partial charge on any atom is -0.395 e. The average Bonchev–Trinajstić information content (AvgIpc) is 1.97. The third-order valence-electron chi connectivity index (χ3n) is 2.75. The molecule has 1 rings (SSSR count). The van der Waals surface area contributed by atoms with Crippen molar-refractivity contribution in [2.24, 2.45) is 5.92 Å². The third-order valence-corrected chi connectivity index (χ3v) is 2.75. The first-order valence-corrected chi connectivity index (χ1v) is 5.09. The Labute approximate surface area is 75.4 Å². The van der Waals surface area contributed by atoms with Crippen LogP contribution in [0.1, 0.15) is 39.5 Å². The largest absolute Gasteiger partial charge is 0.395 e. The van der Waals surface area contributed by atoms with Crippen LogP contribution in [-0.2, 0) is 0 Å². The summed E-state index contributed by atoms with van der Waals surface area (Å²) in [4.78, 5) is 0. The van der Waals surface area contributed by atoms with Gasteiger partial charge in [-0.1, -0.05) is 19.3 Å². The van der Waals surface area contributed by atoms with Gasteiger partial charge in [0.1, 0.15) is 0 Å². The van der Waals surface area contributed by atoms with Crippen molar-refractivity contribution in [3.63, 3.8) is 0 Å². The zero-order valence-electron chi connectivity index (χ0n) is 8.21. The molecule has 0 aromatic heterocycles. The maximum Gasteiger partial charge on any atom is 0.0582 e. The summed E-state index contributed by atoms with van der Waals surface area (Å²) >= 11 is 0. The van der Waals surface area contributed by atoms with Crippen molar-refractivity contribution < 1.29 is 5.11 Å². The Hall–Kier alpha value is -0.0800. The molecule has 1 saturated carbocycles. The van der Waals surface area contributed by atoms with Gasteiger partial charge in [0.05, 0.1) is 6.61 Å². The molecule has 2 N–H and O–H groups in total. The number of rotatable bonds is 5. The summed E-state index contributed by atoms with van der Waals surface area (Å²) in [6.45, 7) is 4.48. The van der Waals surface area contributed by atoms with E-state index >= 15 is 0 Å². The van der Waals surface area contributed by atoms with E-state index in [1.165, 1.54) is 25.7 Å². The van der Waals surface area contributed by atoms with E-state index in [1.54, 1.807) is 0 Å². The zero-order chi connectivity index (χ0) is 8.97. The van der Waals surface area contributed by atoms with Crippen LogP contribution in [0, 0.1) is 5.92 Å². The van der Waals surface area contributed by atoms with Crippen LogP contribution in [0.15, 0.2) is 0 Å². The molecule has 0 amide bonds. The van der Waals surface area contributed by atoms with E-state index in [0.29, 0.717) is 6.04 Å². The highest BCUT2D eigenvalue weighted by atomic mass is 16.3. The average molecular weight is 171 g/mol. The van der Waals surface area contributed by atoms with E-state index in [0.717, 1.165) is 5.92 Å². The van der Waals surface area contributed by atoms with E-state index in [9.17, 15) is 0 Å². The van der Waals surface area contributed by atoms with Crippen molar-refractivity contribution in [3.05, 3.63) is 0 Å². The molecule has 1 aliphatic rings. The van der Waals surface area contributed by atoms with Crippen LogP contribution < -0.4 is 5.32 Å². The molecule has 0 saturated heterocycles. The standard InChI is InChI=1S/C10H21NO/c1-8(11-9(2)7-12)6-10-4-3-5-10/h8-12H,3-7H2,1-2H3. The van der Waals surface area contributed by atoms with E-state index < -0.39 is 0 Å². The fourth-order valence-electron chi connectivity index (χ4n) is 1.83. The number of aliphatic hydroxyl groups excluding tert-OH is 1. The predicted molar refractivity (Wildman–Crippen MR) is 51.1 cm³/mol. The molecule has 2 nitrogen and oxygen atoms in total. The normalized spacial score (nSPS) is 23.2. The monoisotopic (exact) mass is 171 g/mol. The Kier molecular flexibility index (Phi) is 4.02. The number of aliphatic hydroxyl groups is 1. The van der Waals surface area contributed by atoms with Crippen LogP contribution in [0.2, 0.25) is 0 Å². The van der Waals surface area contributed by atoms with Gasteiger partial charge in [-0.05, 0) is 26.2 Å². The second-order valence-corrected chi connectivity index (χ2v) is 4.18. The topological polar surface area (TPSA) is 32.3 Å². The van der Waals surface area contributed by atoms with Gasteiger partial charge in [-0.25, -0.2) is 0 Å². The quantitative estimate of drug-likeness (QED) is 0.657. The molecule has 2 heteroatoms. The Bertz CT molecular complexity index is 116. The van der Waals surface area contributed by atoms with Crippen molar-refractivity contribution >= 4 is 0 Å². The van der Waals surface area contributed by atoms with Crippen molar-refractivity contribution in [2.45, 2.75) is 51.6 Å². The zero-order valence-corrected chi connectivity index (χ0v) is 8.21. The summed E-state index contributed by atoms with van der Waals surface area (Å²) in [6.07, 6.45) is 5.54. The fourth-order valence-corrected chi connectivity index (χ4v) is 1.83. The Balaban J connectivity index is 2.05. The van der Waals surface area contributed by atoms with Gasteiger partial charge >= 0.3 is 0 Å². The molecule has 12 heavy (non-hydrogen) atoms. The molecule has 0 spiro atoms. The summed E-state index contributed by atoms with van der Waals surface area (Å²) < 4.78 is 0. The van der Waals surface area contributed by atoms with Crippen LogP contribution in [-0.4, -0.2) is 23.8 Å². The van der Waals surface area contributed by atoms with Gasteiger partial charge in [0.2, 0.25) is 0 Å². The molecule has 0 aromatic carbocycles.